The van der Waals surface area contributed by atoms with Crippen molar-refractivity contribution in [3.05, 3.63) is 28.7 Å². The highest BCUT2D eigenvalue weighted by Crippen LogP contribution is 2.27. The second kappa shape index (κ2) is 7.32. The minimum absolute atomic E-state index is 1.12. The number of nitrogens with one attached hydrogen (secondary N) is 1. The molecule has 78 valence electrons. The van der Waals surface area contributed by atoms with Crippen molar-refractivity contribution < 1.29 is 0 Å². The van der Waals surface area contributed by atoms with Crippen LogP contribution in [0.3, 0.4) is 0 Å². The van der Waals surface area contributed by atoms with Crippen LogP contribution in [-0.4, -0.2) is 19.3 Å². The first-order valence-electron chi connectivity index (χ1n) is 4.86. The van der Waals surface area contributed by atoms with Gasteiger partial charge in [0.05, 0.1) is 0 Å². The van der Waals surface area contributed by atoms with Crippen LogP contribution in [0, 0.1) is 0 Å². The third-order valence-corrected chi connectivity index (χ3v) is 4.03. The van der Waals surface area contributed by atoms with Gasteiger partial charge < -0.3 is 5.32 Å². The second-order valence-electron chi connectivity index (χ2n) is 3.09. The van der Waals surface area contributed by atoms with Crippen molar-refractivity contribution in [2.45, 2.75) is 17.7 Å². The van der Waals surface area contributed by atoms with E-state index in [2.05, 4.69) is 45.5 Å². The summed E-state index contributed by atoms with van der Waals surface area (Å²) in [6.07, 6.45) is 2.53. The number of hydrogen-bond acceptors (Lipinski definition) is 2. The third-order valence-electron chi connectivity index (χ3n) is 1.92. The van der Waals surface area contributed by atoms with E-state index in [0.717, 1.165) is 6.54 Å². The Balaban J connectivity index is 2.21. The topological polar surface area (TPSA) is 12.0 Å². The summed E-state index contributed by atoms with van der Waals surface area (Å²) >= 11 is 5.47. The molecule has 0 aliphatic carbocycles. The number of halogens is 1. The monoisotopic (exact) mass is 273 g/mol. The van der Waals surface area contributed by atoms with Crippen LogP contribution in [0.2, 0.25) is 0 Å². The SMILES string of the molecule is CNCCCCSc1ccccc1Br. The summed E-state index contributed by atoms with van der Waals surface area (Å²) in [5.74, 6) is 1.20. The van der Waals surface area contributed by atoms with Gasteiger partial charge in [0.1, 0.15) is 0 Å². The van der Waals surface area contributed by atoms with E-state index in [1.807, 2.05) is 18.8 Å². The Morgan fingerprint density at radius 1 is 1.29 bits per heavy atom. The van der Waals surface area contributed by atoms with Gasteiger partial charge in [0.2, 0.25) is 0 Å². The Bertz CT molecular complexity index is 265. The van der Waals surface area contributed by atoms with E-state index < -0.39 is 0 Å². The van der Waals surface area contributed by atoms with Crippen LogP contribution < -0.4 is 5.32 Å². The standard InChI is InChI=1S/C11H16BrNS/c1-13-8-4-5-9-14-11-7-3-2-6-10(11)12/h2-3,6-7,13H,4-5,8-9H2,1H3. The fraction of sp³-hybridized carbons (Fsp3) is 0.455. The van der Waals surface area contributed by atoms with Gasteiger partial charge in [-0.3, -0.25) is 0 Å². The van der Waals surface area contributed by atoms with Gasteiger partial charge in [-0.15, -0.1) is 11.8 Å². The van der Waals surface area contributed by atoms with Gasteiger partial charge in [-0.25, -0.2) is 0 Å². The molecule has 0 heterocycles. The first-order valence-corrected chi connectivity index (χ1v) is 6.64. The van der Waals surface area contributed by atoms with E-state index in [9.17, 15) is 0 Å². The minimum Gasteiger partial charge on any atom is -0.320 e. The Morgan fingerprint density at radius 2 is 2.07 bits per heavy atom. The van der Waals surface area contributed by atoms with Gasteiger partial charge >= 0.3 is 0 Å². The molecule has 1 aromatic rings. The molecule has 0 saturated carbocycles. The Morgan fingerprint density at radius 3 is 2.79 bits per heavy atom. The molecular formula is C11H16BrNS. The molecule has 0 spiro atoms. The number of rotatable bonds is 6. The quantitative estimate of drug-likeness (QED) is 0.629. The van der Waals surface area contributed by atoms with Crippen LogP contribution >= 0.6 is 27.7 Å². The molecule has 0 saturated heterocycles. The molecular weight excluding hydrogens is 258 g/mol. The zero-order valence-corrected chi connectivity index (χ0v) is 10.8. The highest BCUT2D eigenvalue weighted by Gasteiger charge is 1.97. The van der Waals surface area contributed by atoms with E-state index in [4.69, 9.17) is 0 Å². The number of thioether (sulfide) groups is 1. The molecule has 0 bridgehead atoms. The Labute approximate surface area is 98.8 Å². The van der Waals surface area contributed by atoms with E-state index in [0.29, 0.717) is 0 Å². The number of unbranched alkanes of at least 4 members (excludes halogenated alkanes) is 1. The molecule has 1 rings (SSSR count). The maximum absolute atomic E-state index is 3.55. The van der Waals surface area contributed by atoms with Gasteiger partial charge in [-0.2, -0.15) is 0 Å². The summed E-state index contributed by atoms with van der Waals surface area (Å²) in [7, 11) is 2.00. The van der Waals surface area contributed by atoms with Gasteiger partial charge in [0.25, 0.3) is 0 Å². The van der Waals surface area contributed by atoms with E-state index in [1.165, 1.54) is 28.0 Å². The van der Waals surface area contributed by atoms with Crippen molar-refractivity contribution >= 4 is 27.7 Å². The number of benzene rings is 1. The Kier molecular flexibility index (Phi) is 6.32. The molecule has 0 radical (unpaired) electrons. The molecule has 0 aliphatic rings. The van der Waals surface area contributed by atoms with Crippen molar-refractivity contribution in [1.29, 1.82) is 0 Å². The molecule has 0 aromatic heterocycles. The van der Waals surface area contributed by atoms with E-state index in [-0.39, 0.29) is 0 Å². The lowest BCUT2D eigenvalue weighted by Crippen LogP contribution is -2.07. The van der Waals surface area contributed by atoms with Crippen molar-refractivity contribution in [3.63, 3.8) is 0 Å². The van der Waals surface area contributed by atoms with Crippen molar-refractivity contribution in [3.8, 4) is 0 Å². The van der Waals surface area contributed by atoms with Crippen LogP contribution in [-0.2, 0) is 0 Å². The third kappa shape index (κ3) is 4.49. The minimum atomic E-state index is 1.12. The molecule has 0 unspecified atom stereocenters. The molecule has 1 aromatic carbocycles. The predicted octanol–water partition coefficient (Wildman–Crippen LogP) is 3.54. The largest absolute Gasteiger partial charge is 0.320 e. The van der Waals surface area contributed by atoms with Gasteiger partial charge in [0.15, 0.2) is 0 Å². The van der Waals surface area contributed by atoms with Crippen molar-refractivity contribution in [1.82, 2.24) is 5.32 Å². The van der Waals surface area contributed by atoms with Crippen molar-refractivity contribution in [2.75, 3.05) is 19.3 Å². The first kappa shape index (κ1) is 12.1. The predicted molar refractivity (Wildman–Crippen MR) is 68.0 cm³/mol. The molecule has 0 fully saturated rings. The van der Waals surface area contributed by atoms with Crippen LogP contribution in [0.15, 0.2) is 33.6 Å². The smallest absolute Gasteiger partial charge is 0.0311 e. The average Bonchev–Trinajstić information content (AvgIpc) is 2.20. The normalized spacial score (nSPS) is 10.4. The van der Waals surface area contributed by atoms with Crippen LogP contribution in [0.5, 0.6) is 0 Å². The maximum Gasteiger partial charge on any atom is 0.0311 e. The van der Waals surface area contributed by atoms with Crippen LogP contribution in [0.25, 0.3) is 0 Å². The lowest BCUT2D eigenvalue weighted by molar-refractivity contribution is 0.715. The molecule has 14 heavy (non-hydrogen) atoms. The fourth-order valence-electron chi connectivity index (χ4n) is 1.15. The fourth-order valence-corrected chi connectivity index (χ4v) is 2.73. The molecule has 0 atom stereocenters. The van der Waals surface area contributed by atoms with Crippen molar-refractivity contribution in [2.24, 2.45) is 0 Å². The molecule has 0 aliphatic heterocycles. The first-order chi connectivity index (χ1) is 6.84. The zero-order valence-electron chi connectivity index (χ0n) is 8.42. The highest BCUT2D eigenvalue weighted by molar-refractivity contribution is 9.10. The average molecular weight is 274 g/mol. The summed E-state index contributed by atoms with van der Waals surface area (Å²) in [6.45, 7) is 1.12. The van der Waals surface area contributed by atoms with E-state index in [1.54, 1.807) is 0 Å². The summed E-state index contributed by atoms with van der Waals surface area (Å²) in [5, 5.41) is 3.16. The summed E-state index contributed by atoms with van der Waals surface area (Å²) in [5.41, 5.74) is 0. The lowest BCUT2D eigenvalue weighted by Gasteiger charge is -2.03. The molecule has 3 heteroatoms. The Hall–Kier alpha value is 0.01000. The molecule has 0 amide bonds. The van der Waals surface area contributed by atoms with E-state index >= 15 is 0 Å². The molecule has 1 nitrogen and oxygen atoms in total. The zero-order chi connectivity index (χ0) is 10.2. The highest BCUT2D eigenvalue weighted by atomic mass is 79.9. The van der Waals surface area contributed by atoms with Crippen LogP contribution in [0.4, 0.5) is 0 Å². The summed E-state index contributed by atoms with van der Waals surface area (Å²) in [4.78, 5) is 1.34. The van der Waals surface area contributed by atoms with Crippen LogP contribution in [0.1, 0.15) is 12.8 Å². The summed E-state index contributed by atoms with van der Waals surface area (Å²) < 4.78 is 1.21. The second-order valence-corrected chi connectivity index (χ2v) is 5.08. The lowest BCUT2D eigenvalue weighted by atomic mass is 10.3. The van der Waals surface area contributed by atoms with Gasteiger partial charge in [-0.05, 0) is 60.2 Å². The van der Waals surface area contributed by atoms with Gasteiger partial charge in [0, 0.05) is 9.37 Å². The van der Waals surface area contributed by atoms with Gasteiger partial charge in [-0.1, -0.05) is 12.1 Å². The molecule has 1 N–H and O–H groups in total. The summed E-state index contributed by atoms with van der Waals surface area (Å²) in [6, 6.07) is 8.39. The number of hydrogen-bond donors (Lipinski definition) is 1. The maximum atomic E-state index is 3.55.